The maximum absolute atomic E-state index is 2.88. The molecule has 3 heteroatoms. The zero-order valence-electron chi connectivity index (χ0n) is 13.7. The molecule has 0 amide bonds. The van der Waals surface area contributed by atoms with Gasteiger partial charge in [-0.05, 0) is 39.8 Å². The fourth-order valence-corrected chi connectivity index (χ4v) is 9.06. The number of allylic oxidation sites excluding steroid dienone is 1. The Hall–Kier alpha value is 0.134. The van der Waals surface area contributed by atoms with Crippen LogP contribution in [0, 0.1) is 0 Å². The number of hydrogen-bond acceptors (Lipinski definition) is 1. The van der Waals surface area contributed by atoms with E-state index in [0.29, 0.717) is 0 Å². The van der Waals surface area contributed by atoms with Crippen molar-refractivity contribution in [2.75, 3.05) is 13.1 Å². The summed E-state index contributed by atoms with van der Waals surface area (Å²) in [6, 6.07) is 0. The van der Waals surface area contributed by atoms with Crippen LogP contribution in [0.2, 0.25) is 18.8 Å². The fraction of sp³-hybridized carbons (Fsp3) is 0.867. The Bertz CT molecular complexity index is 225. The van der Waals surface area contributed by atoms with Gasteiger partial charge in [-0.1, -0.05) is 51.0 Å². The predicted octanol–water partition coefficient (Wildman–Crippen LogP) is 4.14. The third-order valence-corrected chi connectivity index (χ3v) is 13.0. The largest absolute Gasteiger partial charge is 0.324 e. The minimum Gasteiger partial charge on any atom is -0.324 e. The van der Waals surface area contributed by atoms with Gasteiger partial charge in [-0.3, -0.25) is 0 Å². The average molecular weight is 286 g/mol. The summed E-state index contributed by atoms with van der Waals surface area (Å²) in [6.45, 7) is 17.0. The first-order valence-electron chi connectivity index (χ1n) is 7.82. The standard InChI is InChI=1S/C15H35NSi2/c1-7-9-11-16(12-10-8-2)18(5,6)14-17-13-15(3)4/h13H,7-12,14,17H2,1-6H3. The number of unbranched alkanes of at least 4 members (excludes halogenated alkanes) is 2. The number of hydrogen-bond donors (Lipinski definition) is 0. The van der Waals surface area contributed by atoms with Crippen molar-refractivity contribution in [3.05, 3.63) is 11.3 Å². The van der Waals surface area contributed by atoms with Crippen LogP contribution in [0.1, 0.15) is 53.4 Å². The molecule has 0 saturated heterocycles. The van der Waals surface area contributed by atoms with E-state index in [1.54, 1.807) is 5.67 Å². The van der Waals surface area contributed by atoms with Crippen molar-refractivity contribution in [3.8, 4) is 0 Å². The minimum absolute atomic E-state index is 0.0284. The lowest BCUT2D eigenvalue weighted by Gasteiger charge is -2.37. The summed E-state index contributed by atoms with van der Waals surface area (Å²) in [4.78, 5) is 0. The highest BCUT2D eigenvalue weighted by molar-refractivity contribution is 6.82. The van der Waals surface area contributed by atoms with Crippen LogP contribution < -0.4 is 0 Å². The molecular formula is C15H35NSi2. The fourth-order valence-electron chi connectivity index (χ4n) is 2.29. The molecule has 0 fully saturated rings. The van der Waals surface area contributed by atoms with Crippen LogP contribution in [-0.2, 0) is 0 Å². The van der Waals surface area contributed by atoms with Gasteiger partial charge in [-0.25, -0.2) is 0 Å². The van der Waals surface area contributed by atoms with Crippen LogP contribution in [0.4, 0.5) is 0 Å². The second-order valence-electron chi connectivity index (χ2n) is 6.33. The van der Waals surface area contributed by atoms with Crippen molar-refractivity contribution in [1.82, 2.24) is 4.57 Å². The molecule has 0 unspecified atom stereocenters. The molecule has 0 aromatic carbocycles. The second kappa shape index (κ2) is 9.99. The van der Waals surface area contributed by atoms with Gasteiger partial charge in [0, 0.05) is 9.52 Å². The van der Waals surface area contributed by atoms with E-state index >= 15 is 0 Å². The maximum Gasteiger partial charge on any atom is 0.119 e. The zero-order chi connectivity index (χ0) is 14.0. The summed E-state index contributed by atoms with van der Waals surface area (Å²) in [6.07, 6.45) is 5.42. The normalized spacial score (nSPS) is 12.6. The van der Waals surface area contributed by atoms with E-state index in [1.165, 1.54) is 44.3 Å². The highest BCUT2D eigenvalue weighted by atomic mass is 28.4. The van der Waals surface area contributed by atoms with Gasteiger partial charge >= 0.3 is 0 Å². The zero-order valence-corrected chi connectivity index (χ0v) is 16.1. The topological polar surface area (TPSA) is 3.24 Å². The molecule has 0 N–H and O–H groups in total. The highest BCUT2D eigenvalue weighted by Gasteiger charge is 2.27. The summed E-state index contributed by atoms with van der Waals surface area (Å²) in [7, 11) is -1.10. The second-order valence-corrected chi connectivity index (χ2v) is 13.6. The van der Waals surface area contributed by atoms with Crippen LogP contribution in [0.5, 0.6) is 0 Å². The van der Waals surface area contributed by atoms with Crippen LogP contribution >= 0.6 is 0 Å². The van der Waals surface area contributed by atoms with Gasteiger partial charge in [0.15, 0.2) is 0 Å². The number of nitrogens with zero attached hydrogens (tertiary/aromatic N) is 1. The van der Waals surface area contributed by atoms with Gasteiger partial charge in [0.2, 0.25) is 0 Å². The summed E-state index contributed by atoms with van der Waals surface area (Å²) >= 11 is 0. The third-order valence-electron chi connectivity index (χ3n) is 3.73. The van der Waals surface area contributed by atoms with Crippen molar-refractivity contribution < 1.29 is 0 Å². The molecule has 0 aromatic heterocycles. The SMILES string of the molecule is CCCCN(CCCC)[Si](C)(C)C[SiH2]C=C(C)C. The lowest BCUT2D eigenvalue weighted by atomic mass is 10.3. The molecule has 0 aromatic rings. The molecule has 0 atom stereocenters. The van der Waals surface area contributed by atoms with Crippen molar-refractivity contribution in [2.24, 2.45) is 0 Å². The Morgan fingerprint density at radius 1 is 1.06 bits per heavy atom. The van der Waals surface area contributed by atoms with E-state index in [-0.39, 0.29) is 9.52 Å². The number of rotatable bonds is 10. The van der Waals surface area contributed by atoms with Crippen molar-refractivity contribution in [3.63, 3.8) is 0 Å². The first-order valence-corrected chi connectivity index (χ1v) is 12.8. The van der Waals surface area contributed by atoms with Gasteiger partial charge in [0.25, 0.3) is 0 Å². The Balaban J connectivity index is 4.36. The van der Waals surface area contributed by atoms with E-state index < -0.39 is 8.24 Å². The van der Waals surface area contributed by atoms with Gasteiger partial charge in [0.05, 0.1) is 0 Å². The first-order chi connectivity index (χ1) is 8.44. The Labute approximate surface area is 119 Å². The highest BCUT2D eigenvalue weighted by Crippen LogP contribution is 2.17. The quantitative estimate of drug-likeness (QED) is 0.545. The van der Waals surface area contributed by atoms with E-state index in [1.807, 2.05) is 0 Å². The van der Waals surface area contributed by atoms with Crippen LogP contribution in [0.3, 0.4) is 0 Å². The van der Waals surface area contributed by atoms with Crippen LogP contribution in [0.15, 0.2) is 11.3 Å². The summed E-state index contributed by atoms with van der Waals surface area (Å²) in [5, 5.41) is 0. The molecule has 0 heterocycles. The van der Waals surface area contributed by atoms with E-state index in [9.17, 15) is 0 Å². The third kappa shape index (κ3) is 8.27. The van der Waals surface area contributed by atoms with E-state index in [2.05, 4.69) is 51.1 Å². The van der Waals surface area contributed by atoms with Crippen molar-refractivity contribution >= 4 is 17.8 Å². The first kappa shape index (κ1) is 18.1. The minimum atomic E-state index is -1.12. The summed E-state index contributed by atoms with van der Waals surface area (Å²) in [5.41, 5.74) is 5.62. The molecule has 0 aliphatic rings. The molecule has 0 saturated carbocycles. The van der Waals surface area contributed by atoms with Gasteiger partial charge < -0.3 is 4.57 Å². The van der Waals surface area contributed by atoms with Gasteiger partial charge in [-0.15, -0.1) is 5.70 Å². The molecule has 0 spiro atoms. The molecule has 0 radical (unpaired) electrons. The molecular weight excluding hydrogens is 250 g/mol. The molecule has 0 rings (SSSR count). The van der Waals surface area contributed by atoms with Gasteiger partial charge in [-0.2, -0.15) is 0 Å². The monoisotopic (exact) mass is 285 g/mol. The van der Waals surface area contributed by atoms with Gasteiger partial charge in [0.1, 0.15) is 8.24 Å². The average Bonchev–Trinajstić information content (AvgIpc) is 2.28. The lowest BCUT2D eigenvalue weighted by Crippen LogP contribution is -2.50. The van der Waals surface area contributed by atoms with Crippen molar-refractivity contribution in [1.29, 1.82) is 0 Å². The molecule has 0 bridgehead atoms. The van der Waals surface area contributed by atoms with E-state index in [0.717, 1.165) is 0 Å². The van der Waals surface area contributed by atoms with E-state index in [4.69, 9.17) is 0 Å². The molecule has 1 nitrogen and oxygen atoms in total. The molecule has 0 aliphatic carbocycles. The molecule has 18 heavy (non-hydrogen) atoms. The lowest BCUT2D eigenvalue weighted by molar-refractivity contribution is 0.401. The predicted molar refractivity (Wildman–Crippen MR) is 91.7 cm³/mol. The summed E-state index contributed by atoms with van der Waals surface area (Å²) < 4.78 is 2.88. The molecule has 108 valence electrons. The van der Waals surface area contributed by atoms with Crippen LogP contribution in [-0.4, -0.2) is 35.4 Å². The Morgan fingerprint density at radius 2 is 1.56 bits per heavy atom. The smallest absolute Gasteiger partial charge is 0.119 e. The Morgan fingerprint density at radius 3 is 1.94 bits per heavy atom. The maximum atomic E-state index is 2.88. The summed E-state index contributed by atoms with van der Waals surface area (Å²) in [5.74, 6) is 0. The Kier molecular flexibility index (Phi) is 10.1. The van der Waals surface area contributed by atoms with Crippen molar-refractivity contribution in [2.45, 2.75) is 72.1 Å². The molecule has 0 aliphatic heterocycles. The van der Waals surface area contributed by atoms with Crippen LogP contribution in [0.25, 0.3) is 0 Å².